The summed E-state index contributed by atoms with van der Waals surface area (Å²) in [5.41, 5.74) is 0. The standard InChI is InChI=1S/C7H9Cl/c1-4-5-7(8)6(2)3/h1,5-6H,2-3H3. The summed E-state index contributed by atoms with van der Waals surface area (Å²) < 4.78 is 0. The van der Waals surface area contributed by atoms with Crippen LogP contribution in [0.25, 0.3) is 0 Å². The highest BCUT2D eigenvalue weighted by atomic mass is 35.5. The lowest BCUT2D eigenvalue weighted by Crippen LogP contribution is -1.83. The number of rotatable bonds is 1. The van der Waals surface area contributed by atoms with Crippen molar-refractivity contribution in [1.29, 1.82) is 0 Å². The van der Waals surface area contributed by atoms with Crippen LogP contribution in [0, 0.1) is 18.3 Å². The minimum Gasteiger partial charge on any atom is -0.115 e. The molecule has 0 aromatic rings. The van der Waals surface area contributed by atoms with Crippen LogP contribution in [-0.2, 0) is 0 Å². The van der Waals surface area contributed by atoms with Gasteiger partial charge in [-0.25, -0.2) is 0 Å². The van der Waals surface area contributed by atoms with Crippen LogP contribution in [0.1, 0.15) is 13.8 Å². The Bertz CT molecular complexity index is 126. The van der Waals surface area contributed by atoms with Crippen molar-refractivity contribution >= 4 is 11.6 Å². The van der Waals surface area contributed by atoms with Crippen LogP contribution in [0.4, 0.5) is 0 Å². The van der Waals surface area contributed by atoms with Crippen LogP contribution < -0.4 is 0 Å². The van der Waals surface area contributed by atoms with Gasteiger partial charge in [-0.2, -0.15) is 0 Å². The lowest BCUT2D eigenvalue weighted by molar-refractivity contribution is 0.814. The van der Waals surface area contributed by atoms with Crippen molar-refractivity contribution < 1.29 is 0 Å². The topological polar surface area (TPSA) is 0 Å². The Morgan fingerprint density at radius 1 is 1.75 bits per heavy atom. The zero-order chi connectivity index (χ0) is 6.57. The van der Waals surface area contributed by atoms with Gasteiger partial charge in [-0.15, -0.1) is 6.42 Å². The van der Waals surface area contributed by atoms with Gasteiger partial charge in [0.25, 0.3) is 0 Å². The maximum absolute atomic E-state index is 5.63. The molecule has 0 atom stereocenters. The molecule has 0 aromatic heterocycles. The van der Waals surface area contributed by atoms with Gasteiger partial charge in [0.2, 0.25) is 0 Å². The molecule has 0 aliphatic carbocycles. The summed E-state index contributed by atoms with van der Waals surface area (Å²) >= 11 is 5.63. The van der Waals surface area contributed by atoms with Crippen LogP contribution in [0.3, 0.4) is 0 Å². The zero-order valence-corrected chi connectivity index (χ0v) is 5.87. The highest BCUT2D eigenvalue weighted by Gasteiger charge is 1.94. The van der Waals surface area contributed by atoms with Gasteiger partial charge in [0.05, 0.1) is 0 Å². The molecule has 0 heterocycles. The van der Waals surface area contributed by atoms with Crippen LogP contribution >= 0.6 is 11.6 Å². The van der Waals surface area contributed by atoms with E-state index in [9.17, 15) is 0 Å². The lowest BCUT2D eigenvalue weighted by Gasteiger charge is -1.97. The number of hydrogen-bond acceptors (Lipinski definition) is 0. The van der Waals surface area contributed by atoms with Crippen molar-refractivity contribution in [2.45, 2.75) is 13.8 Å². The average molecular weight is 129 g/mol. The fourth-order valence-electron chi connectivity index (χ4n) is 0.246. The van der Waals surface area contributed by atoms with Crippen LogP contribution in [0.2, 0.25) is 0 Å². The maximum Gasteiger partial charge on any atom is 0.0289 e. The maximum atomic E-state index is 5.63. The Labute approximate surface area is 55.5 Å². The number of allylic oxidation sites excluding steroid dienone is 2. The molecule has 0 spiro atoms. The molecule has 0 radical (unpaired) electrons. The molecular weight excluding hydrogens is 120 g/mol. The Kier molecular flexibility index (Phi) is 3.39. The van der Waals surface area contributed by atoms with Gasteiger partial charge in [-0.05, 0) is 5.92 Å². The minimum atomic E-state index is 0.354. The molecule has 44 valence electrons. The van der Waals surface area contributed by atoms with E-state index in [1.807, 2.05) is 13.8 Å². The summed E-state index contributed by atoms with van der Waals surface area (Å²) in [6.07, 6.45) is 6.53. The van der Waals surface area contributed by atoms with Gasteiger partial charge in [-0.1, -0.05) is 31.4 Å². The van der Waals surface area contributed by atoms with E-state index >= 15 is 0 Å². The largest absolute Gasteiger partial charge is 0.115 e. The molecule has 0 N–H and O–H groups in total. The van der Waals surface area contributed by atoms with Gasteiger partial charge >= 0.3 is 0 Å². The zero-order valence-electron chi connectivity index (χ0n) is 5.11. The molecule has 0 aliphatic heterocycles. The molecule has 0 fully saturated rings. The van der Waals surface area contributed by atoms with E-state index in [-0.39, 0.29) is 0 Å². The normalized spacial score (nSPS) is 11.6. The predicted octanol–water partition coefficient (Wildman–Crippen LogP) is 2.40. The van der Waals surface area contributed by atoms with E-state index in [2.05, 4.69) is 5.92 Å². The highest BCUT2D eigenvalue weighted by molar-refractivity contribution is 6.29. The summed E-state index contributed by atoms with van der Waals surface area (Å²) in [6, 6.07) is 0. The van der Waals surface area contributed by atoms with E-state index in [1.165, 1.54) is 0 Å². The van der Waals surface area contributed by atoms with Gasteiger partial charge in [0, 0.05) is 11.1 Å². The van der Waals surface area contributed by atoms with Crippen molar-refractivity contribution in [2.75, 3.05) is 0 Å². The van der Waals surface area contributed by atoms with Crippen molar-refractivity contribution in [3.8, 4) is 12.3 Å². The predicted molar refractivity (Wildman–Crippen MR) is 37.6 cm³/mol. The third-order valence-electron chi connectivity index (χ3n) is 0.773. The summed E-state index contributed by atoms with van der Waals surface area (Å²) in [4.78, 5) is 0. The summed E-state index contributed by atoms with van der Waals surface area (Å²) in [5.74, 6) is 2.71. The lowest BCUT2D eigenvalue weighted by atomic mass is 10.2. The second kappa shape index (κ2) is 3.57. The first-order valence-corrected chi connectivity index (χ1v) is 2.88. The molecular formula is C7H9Cl. The SMILES string of the molecule is C#CC=C(Cl)C(C)C. The Hall–Kier alpha value is -0.410. The van der Waals surface area contributed by atoms with Crippen molar-refractivity contribution in [2.24, 2.45) is 5.92 Å². The third kappa shape index (κ3) is 2.71. The van der Waals surface area contributed by atoms with Crippen LogP contribution in [0.5, 0.6) is 0 Å². The molecule has 1 heteroatoms. The Morgan fingerprint density at radius 2 is 2.25 bits per heavy atom. The monoisotopic (exact) mass is 128 g/mol. The molecule has 0 bridgehead atoms. The van der Waals surface area contributed by atoms with E-state index in [0.29, 0.717) is 5.92 Å². The number of hydrogen-bond donors (Lipinski definition) is 0. The Balaban J connectivity index is 3.85. The van der Waals surface area contributed by atoms with Gasteiger partial charge in [-0.3, -0.25) is 0 Å². The molecule has 0 saturated heterocycles. The first kappa shape index (κ1) is 7.59. The van der Waals surface area contributed by atoms with E-state index in [4.69, 9.17) is 18.0 Å². The fraction of sp³-hybridized carbons (Fsp3) is 0.429. The van der Waals surface area contributed by atoms with Crippen LogP contribution in [-0.4, -0.2) is 0 Å². The quantitative estimate of drug-likeness (QED) is 0.476. The molecule has 0 rings (SSSR count). The third-order valence-corrected chi connectivity index (χ3v) is 1.32. The number of terminal acetylenes is 1. The summed E-state index contributed by atoms with van der Waals surface area (Å²) in [7, 11) is 0. The number of halogens is 1. The molecule has 0 saturated carbocycles. The first-order chi connectivity index (χ1) is 3.68. The van der Waals surface area contributed by atoms with Crippen molar-refractivity contribution in [3.05, 3.63) is 11.1 Å². The van der Waals surface area contributed by atoms with E-state index in [1.54, 1.807) is 6.08 Å². The summed E-state index contributed by atoms with van der Waals surface area (Å²) in [5, 5.41) is 0.743. The minimum absolute atomic E-state index is 0.354. The second-order valence-corrected chi connectivity index (χ2v) is 2.29. The fourth-order valence-corrected chi connectivity index (χ4v) is 0.309. The van der Waals surface area contributed by atoms with Gasteiger partial charge in [0.1, 0.15) is 0 Å². The second-order valence-electron chi connectivity index (χ2n) is 1.85. The molecule has 0 amide bonds. The highest BCUT2D eigenvalue weighted by Crippen LogP contribution is 2.12. The first-order valence-electron chi connectivity index (χ1n) is 2.50. The van der Waals surface area contributed by atoms with Crippen molar-refractivity contribution in [1.82, 2.24) is 0 Å². The van der Waals surface area contributed by atoms with Crippen LogP contribution in [0.15, 0.2) is 11.1 Å². The van der Waals surface area contributed by atoms with Gasteiger partial charge in [0.15, 0.2) is 0 Å². The summed E-state index contributed by atoms with van der Waals surface area (Å²) in [6.45, 7) is 3.99. The molecule has 0 aliphatic rings. The average Bonchev–Trinajstić information content (AvgIpc) is 1.67. The molecule has 0 nitrogen and oxygen atoms in total. The van der Waals surface area contributed by atoms with Crippen molar-refractivity contribution in [3.63, 3.8) is 0 Å². The smallest absolute Gasteiger partial charge is 0.0289 e. The Morgan fingerprint density at radius 3 is 2.38 bits per heavy atom. The van der Waals surface area contributed by atoms with Gasteiger partial charge < -0.3 is 0 Å². The van der Waals surface area contributed by atoms with E-state index < -0.39 is 0 Å². The molecule has 0 unspecified atom stereocenters. The molecule has 8 heavy (non-hydrogen) atoms. The van der Waals surface area contributed by atoms with E-state index in [0.717, 1.165) is 5.03 Å². The molecule has 0 aromatic carbocycles.